The van der Waals surface area contributed by atoms with Gasteiger partial charge in [-0.3, -0.25) is 9.89 Å². The number of nitrogens with one attached hydrogen (secondary N) is 1. The number of hydrogen-bond donors (Lipinski definition) is 1. The monoisotopic (exact) mass is 361 g/mol. The second-order valence-electron chi connectivity index (χ2n) is 5.98. The molecule has 1 amide bonds. The molecular formula is C18H23N3O3S. The summed E-state index contributed by atoms with van der Waals surface area (Å²) in [6, 6.07) is 9.52. The summed E-state index contributed by atoms with van der Waals surface area (Å²) >= 11 is 1.95. The fourth-order valence-electron chi connectivity index (χ4n) is 2.86. The van der Waals surface area contributed by atoms with Crippen molar-refractivity contribution in [2.24, 2.45) is 0 Å². The molecule has 134 valence electrons. The van der Waals surface area contributed by atoms with Gasteiger partial charge in [-0.2, -0.15) is 16.9 Å². The van der Waals surface area contributed by atoms with Crippen LogP contribution in [0.1, 0.15) is 29.0 Å². The number of aromatic amines is 1. The summed E-state index contributed by atoms with van der Waals surface area (Å²) in [6.07, 6.45) is 2.09. The summed E-state index contributed by atoms with van der Waals surface area (Å²) in [4.78, 5) is 14.4. The zero-order valence-corrected chi connectivity index (χ0v) is 15.3. The van der Waals surface area contributed by atoms with E-state index in [-0.39, 0.29) is 5.91 Å². The van der Waals surface area contributed by atoms with E-state index in [4.69, 9.17) is 9.47 Å². The molecule has 1 aliphatic heterocycles. The van der Waals surface area contributed by atoms with Crippen molar-refractivity contribution in [3.8, 4) is 11.5 Å². The molecule has 0 aliphatic carbocycles. The van der Waals surface area contributed by atoms with Crippen LogP contribution >= 0.6 is 11.8 Å². The third-order valence-corrected chi connectivity index (χ3v) is 5.41. The molecule has 25 heavy (non-hydrogen) atoms. The highest BCUT2D eigenvalue weighted by atomic mass is 32.2. The zero-order valence-electron chi connectivity index (χ0n) is 14.5. The minimum atomic E-state index is -0.0447. The summed E-state index contributed by atoms with van der Waals surface area (Å²) in [5.41, 5.74) is 1.18. The van der Waals surface area contributed by atoms with E-state index in [2.05, 4.69) is 10.2 Å². The number of nitrogens with zero attached hydrogens (tertiary/aromatic N) is 2. The lowest BCUT2D eigenvalue weighted by Crippen LogP contribution is -2.39. The average molecular weight is 361 g/mol. The van der Waals surface area contributed by atoms with Crippen LogP contribution in [0.3, 0.4) is 0 Å². The predicted molar refractivity (Wildman–Crippen MR) is 98.4 cm³/mol. The summed E-state index contributed by atoms with van der Waals surface area (Å²) in [5, 5.41) is 7.04. The van der Waals surface area contributed by atoms with Gasteiger partial charge in [-0.05, 0) is 42.5 Å². The number of aromatic nitrogens is 2. The molecule has 2 heterocycles. The van der Waals surface area contributed by atoms with Gasteiger partial charge < -0.3 is 14.4 Å². The molecule has 7 heteroatoms. The van der Waals surface area contributed by atoms with Crippen LogP contribution in [0.15, 0.2) is 30.3 Å². The Morgan fingerprint density at radius 1 is 1.32 bits per heavy atom. The number of amides is 1. The molecule has 1 saturated heterocycles. The van der Waals surface area contributed by atoms with Crippen LogP contribution in [0.4, 0.5) is 0 Å². The van der Waals surface area contributed by atoms with Crippen LogP contribution in [-0.2, 0) is 6.61 Å². The Kier molecular flexibility index (Phi) is 5.86. The van der Waals surface area contributed by atoms with Gasteiger partial charge in [-0.15, -0.1) is 0 Å². The summed E-state index contributed by atoms with van der Waals surface area (Å²) in [6.45, 7) is 0.296. The summed E-state index contributed by atoms with van der Waals surface area (Å²) < 4.78 is 11.0. The van der Waals surface area contributed by atoms with E-state index in [1.165, 1.54) is 0 Å². The number of hydrogen-bond acceptors (Lipinski definition) is 5. The quantitative estimate of drug-likeness (QED) is 0.857. The molecule has 1 aromatic heterocycles. The van der Waals surface area contributed by atoms with Gasteiger partial charge in [-0.25, -0.2) is 0 Å². The number of carbonyl (C=O) groups is 1. The number of methoxy groups -OCH3 is 1. The van der Waals surface area contributed by atoms with Crippen molar-refractivity contribution >= 4 is 17.7 Å². The third-order valence-electron chi connectivity index (χ3n) is 4.36. The van der Waals surface area contributed by atoms with Crippen molar-refractivity contribution in [3.05, 3.63) is 41.7 Å². The van der Waals surface area contributed by atoms with E-state index in [1.807, 2.05) is 48.0 Å². The van der Waals surface area contributed by atoms with E-state index in [1.54, 1.807) is 13.2 Å². The van der Waals surface area contributed by atoms with Gasteiger partial charge in [0.05, 0.1) is 12.8 Å². The maximum atomic E-state index is 12.6. The van der Waals surface area contributed by atoms with Crippen molar-refractivity contribution in [2.75, 3.05) is 25.7 Å². The van der Waals surface area contributed by atoms with E-state index in [0.29, 0.717) is 29.8 Å². The first-order valence-corrected chi connectivity index (χ1v) is 9.49. The zero-order chi connectivity index (χ0) is 17.6. The minimum Gasteiger partial charge on any atom is -0.493 e. The molecular weight excluding hydrogens is 338 g/mol. The highest BCUT2D eigenvalue weighted by molar-refractivity contribution is 7.99. The lowest BCUT2D eigenvalue weighted by molar-refractivity contribution is 0.0717. The van der Waals surface area contributed by atoms with Crippen LogP contribution in [0, 0.1) is 0 Å². The smallest absolute Gasteiger partial charge is 0.274 e. The van der Waals surface area contributed by atoms with E-state index in [9.17, 15) is 4.79 Å². The Hall–Kier alpha value is -2.15. The van der Waals surface area contributed by atoms with Crippen LogP contribution < -0.4 is 9.47 Å². The van der Waals surface area contributed by atoms with Gasteiger partial charge >= 0.3 is 0 Å². The molecule has 1 fully saturated rings. The largest absolute Gasteiger partial charge is 0.493 e. The molecule has 0 unspecified atom stereocenters. The first-order valence-electron chi connectivity index (χ1n) is 8.34. The molecule has 2 aromatic rings. The molecule has 1 aromatic carbocycles. The topological polar surface area (TPSA) is 67.5 Å². The van der Waals surface area contributed by atoms with Crippen LogP contribution in [-0.4, -0.2) is 52.7 Å². The van der Waals surface area contributed by atoms with E-state index in [0.717, 1.165) is 30.0 Å². The maximum absolute atomic E-state index is 12.6. The lowest BCUT2D eigenvalue weighted by atomic mass is 10.1. The van der Waals surface area contributed by atoms with Crippen molar-refractivity contribution in [1.82, 2.24) is 15.1 Å². The maximum Gasteiger partial charge on any atom is 0.274 e. The number of carbonyl (C=O) groups excluding carboxylic acids is 1. The van der Waals surface area contributed by atoms with Gasteiger partial charge in [0.1, 0.15) is 6.61 Å². The first-order chi connectivity index (χ1) is 12.2. The van der Waals surface area contributed by atoms with Crippen LogP contribution in [0.5, 0.6) is 11.5 Å². The first kappa shape index (κ1) is 17.7. The van der Waals surface area contributed by atoms with Gasteiger partial charge in [0.2, 0.25) is 0 Å². The Bertz CT molecular complexity index is 713. The lowest BCUT2D eigenvalue weighted by Gasteiger charge is -2.30. The molecule has 1 aliphatic rings. The number of ether oxygens (including phenoxy) is 2. The van der Waals surface area contributed by atoms with Crippen molar-refractivity contribution in [1.29, 1.82) is 0 Å². The Morgan fingerprint density at radius 2 is 2.04 bits per heavy atom. The highest BCUT2D eigenvalue weighted by Crippen LogP contribution is 2.26. The molecule has 0 bridgehead atoms. The SMILES string of the molecule is COc1ccccc1OCc1cc(C(=O)N(C)C2CCSCC2)n[nH]1. The van der Waals surface area contributed by atoms with Crippen LogP contribution in [0.2, 0.25) is 0 Å². The number of rotatable bonds is 6. The fraction of sp³-hybridized carbons (Fsp3) is 0.444. The summed E-state index contributed by atoms with van der Waals surface area (Å²) in [5.74, 6) is 3.51. The number of thioether (sulfide) groups is 1. The predicted octanol–water partition coefficient (Wildman–Crippen LogP) is 2.96. The Labute approximate surface area is 151 Å². The molecule has 0 radical (unpaired) electrons. The normalized spacial score (nSPS) is 15.0. The second kappa shape index (κ2) is 8.29. The summed E-state index contributed by atoms with van der Waals surface area (Å²) in [7, 11) is 3.47. The molecule has 6 nitrogen and oxygen atoms in total. The average Bonchev–Trinajstić information content (AvgIpc) is 3.15. The number of H-pyrrole nitrogens is 1. The molecule has 3 rings (SSSR count). The third kappa shape index (κ3) is 4.28. The Balaban J connectivity index is 1.60. The van der Waals surface area contributed by atoms with Gasteiger partial charge in [0.15, 0.2) is 17.2 Å². The van der Waals surface area contributed by atoms with E-state index >= 15 is 0 Å². The second-order valence-corrected chi connectivity index (χ2v) is 7.20. The molecule has 0 spiro atoms. The van der Waals surface area contributed by atoms with Gasteiger partial charge in [0, 0.05) is 13.1 Å². The molecule has 0 saturated carbocycles. The molecule has 1 N–H and O–H groups in total. The Morgan fingerprint density at radius 3 is 2.76 bits per heavy atom. The van der Waals surface area contributed by atoms with Crippen molar-refractivity contribution in [3.63, 3.8) is 0 Å². The highest BCUT2D eigenvalue weighted by Gasteiger charge is 2.24. The van der Waals surface area contributed by atoms with Gasteiger partial charge in [0.25, 0.3) is 5.91 Å². The van der Waals surface area contributed by atoms with Crippen molar-refractivity contribution < 1.29 is 14.3 Å². The number of benzene rings is 1. The number of para-hydroxylation sites is 2. The fourth-order valence-corrected chi connectivity index (χ4v) is 3.94. The minimum absolute atomic E-state index is 0.0447. The van der Waals surface area contributed by atoms with Crippen LogP contribution in [0.25, 0.3) is 0 Å². The van der Waals surface area contributed by atoms with Gasteiger partial charge in [-0.1, -0.05) is 12.1 Å². The molecule has 0 atom stereocenters. The van der Waals surface area contributed by atoms with E-state index < -0.39 is 0 Å². The standard InChI is InChI=1S/C18H23N3O3S/c1-21(14-7-9-25-10-8-14)18(22)15-11-13(19-20-15)12-24-17-6-4-3-5-16(17)23-2/h3-6,11,14H,7-10,12H2,1-2H3,(H,19,20). The van der Waals surface area contributed by atoms with Crippen molar-refractivity contribution in [2.45, 2.75) is 25.5 Å².